The number of Topliss-reactive ketones (excluding diaryl/α,β-unsaturated/α-hetero) is 1. The highest BCUT2D eigenvalue weighted by atomic mass is 79.9. The highest BCUT2D eigenvalue weighted by molar-refractivity contribution is 9.10. The van der Waals surface area contributed by atoms with Crippen molar-refractivity contribution in [3.05, 3.63) is 81.3 Å². The van der Waals surface area contributed by atoms with Gasteiger partial charge in [0.2, 0.25) is 0 Å². The number of allylic oxidation sites excluding steroid dienone is 1. The SMILES string of the molecule is O=C1/C(=C\c2cccc3cnccc23)Cc2c(F)cc(Br)cc21. The molecular formula is C19H11BrFNO. The predicted molar refractivity (Wildman–Crippen MR) is 91.9 cm³/mol. The summed E-state index contributed by atoms with van der Waals surface area (Å²) in [4.78, 5) is 16.7. The summed E-state index contributed by atoms with van der Waals surface area (Å²) in [5.74, 6) is -0.445. The van der Waals surface area contributed by atoms with Gasteiger partial charge in [-0.3, -0.25) is 9.78 Å². The van der Waals surface area contributed by atoms with E-state index in [-0.39, 0.29) is 11.6 Å². The Labute approximate surface area is 140 Å². The van der Waals surface area contributed by atoms with Crippen molar-refractivity contribution in [1.82, 2.24) is 4.98 Å². The average molecular weight is 368 g/mol. The topological polar surface area (TPSA) is 30.0 Å². The number of nitrogens with zero attached hydrogens (tertiary/aromatic N) is 1. The monoisotopic (exact) mass is 367 g/mol. The Morgan fingerprint density at radius 1 is 1.22 bits per heavy atom. The molecule has 1 aliphatic carbocycles. The van der Waals surface area contributed by atoms with E-state index in [0.29, 0.717) is 27.6 Å². The first kappa shape index (κ1) is 14.3. The second-order valence-corrected chi connectivity index (χ2v) is 6.45. The van der Waals surface area contributed by atoms with Gasteiger partial charge in [-0.15, -0.1) is 0 Å². The highest BCUT2D eigenvalue weighted by Crippen LogP contribution is 2.33. The summed E-state index contributed by atoms with van der Waals surface area (Å²) in [6, 6.07) is 10.9. The van der Waals surface area contributed by atoms with E-state index in [0.717, 1.165) is 16.3 Å². The Kier molecular flexibility index (Phi) is 3.34. The molecule has 1 aliphatic rings. The Morgan fingerprint density at radius 3 is 2.96 bits per heavy atom. The van der Waals surface area contributed by atoms with Crippen LogP contribution in [0.1, 0.15) is 21.5 Å². The maximum atomic E-state index is 14.1. The summed E-state index contributed by atoms with van der Waals surface area (Å²) < 4.78 is 14.7. The van der Waals surface area contributed by atoms with E-state index in [1.807, 2.05) is 30.3 Å². The van der Waals surface area contributed by atoms with Crippen LogP contribution < -0.4 is 0 Å². The van der Waals surface area contributed by atoms with Gasteiger partial charge in [0.15, 0.2) is 5.78 Å². The lowest BCUT2D eigenvalue weighted by Crippen LogP contribution is -1.96. The minimum absolute atomic E-state index is 0.105. The van der Waals surface area contributed by atoms with E-state index in [9.17, 15) is 9.18 Å². The highest BCUT2D eigenvalue weighted by Gasteiger charge is 2.28. The molecule has 0 bridgehead atoms. The molecule has 0 atom stereocenters. The van der Waals surface area contributed by atoms with Gasteiger partial charge in [0, 0.05) is 45.4 Å². The Bertz CT molecular complexity index is 989. The molecule has 1 aromatic heterocycles. The summed E-state index contributed by atoms with van der Waals surface area (Å²) in [6.45, 7) is 0. The molecule has 23 heavy (non-hydrogen) atoms. The Morgan fingerprint density at radius 2 is 2.09 bits per heavy atom. The smallest absolute Gasteiger partial charge is 0.189 e. The number of hydrogen-bond donors (Lipinski definition) is 0. The van der Waals surface area contributed by atoms with Gasteiger partial charge in [0.25, 0.3) is 0 Å². The van der Waals surface area contributed by atoms with Crippen LogP contribution in [0.2, 0.25) is 0 Å². The molecule has 2 nitrogen and oxygen atoms in total. The van der Waals surface area contributed by atoms with Gasteiger partial charge >= 0.3 is 0 Å². The standard InChI is InChI=1S/C19H11BrFNO/c20-14-8-17-16(18(21)9-14)7-13(19(17)23)6-11-2-1-3-12-10-22-5-4-15(11)12/h1-6,8-10H,7H2/b13-6-. The molecule has 0 radical (unpaired) electrons. The van der Waals surface area contributed by atoms with Crippen molar-refractivity contribution in [3.63, 3.8) is 0 Å². The van der Waals surface area contributed by atoms with Gasteiger partial charge in [-0.2, -0.15) is 0 Å². The van der Waals surface area contributed by atoms with Crippen LogP contribution in [0.4, 0.5) is 4.39 Å². The number of benzene rings is 2. The molecule has 0 aliphatic heterocycles. The van der Waals surface area contributed by atoms with Gasteiger partial charge in [0.05, 0.1) is 0 Å². The fourth-order valence-electron chi connectivity index (χ4n) is 3.01. The summed E-state index contributed by atoms with van der Waals surface area (Å²) in [7, 11) is 0. The summed E-state index contributed by atoms with van der Waals surface area (Å²) in [5.41, 5.74) is 2.48. The van der Waals surface area contributed by atoms with Crippen LogP contribution in [-0.2, 0) is 6.42 Å². The van der Waals surface area contributed by atoms with Gasteiger partial charge in [-0.25, -0.2) is 4.39 Å². The fraction of sp³-hybridized carbons (Fsp3) is 0.0526. The van der Waals surface area contributed by atoms with Gasteiger partial charge in [-0.1, -0.05) is 34.1 Å². The largest absolute Gasteiger partial charge is 0.289 e. The predicted octanol–water partition coefficient (Wildman–Crippen LogP) is 4.96. The van der Waals surface area contributed by atoms with Gasteiger partial charge < -0.3 is 0 Å². The molecule has 0 amide bonds. The van der Waals surface area contributed by atoms with E-state index in [2.05, 4.69) is 20.9 Å². The minimum Gasteiger partial charge on any atom is -0.289 e. The fourth-order valence-corrected chi connectivity index (χ4v) is 3.44. The molecule has 3 aromatic rings. The maximum absolute atomic E-state index is 14.1. The van der Waals surface area contributed by atoms with Crippen LogP contribution in [0, 0.1) is 5.82 Å². The zero-order valence-corrected chi connectivity index (χ0v) is 13.6. The Hall–Kier alpha value is -2.33. The molecule has 0 unspecified atom stereocenters. The van der Waals surface area contributed by atoms with Crippen LogP contribution in [-0.4, -0.2) is 10.8 Å². The number of halogens is 2. The molecule has 4 rings (SSSR count). The van der Waals surface area contributed by atoms with Crippen molar-refractivity contribution in [2.24, 2.45) is 0 Å². The molecular weight excluding hydrogens is 357 g/mol. The van der Waals surface area contributed by atoms with Crippen LogP contribution in [0.5, 0.6) is 0 Å². The number of carbonyl (C=O) groups is 1. The first-order valence-corrected chi connectivity index (χ1v) is 7.99. The van der Waals surface area contributed by atoms with Gasteiger partial charge in [0.1, 0.15) is 5.82 Å². The zero-order chi connectivity index (χ0) is 16.0. The molecule has 2 aromatic carbocycles. The molecule has 0 fully saturated rings. The van der Waals surface area contributed by atoms with Gasteiger partial charge in [-0.05, 0) is 35.2 Å². The van der Waals surface area contributed by atoms with E-state index in [1.165, 1.54) is 6.07 Å². The molecule has 0 saturated carbocycles. The summed E-state index contributed by atoms with van der Waals surface area (Å²) in [5, 5.41) is 2.04. The quantitative estimate of drug-likeness (QED) is 0.569. The normalized spacial score (nSPS) is 15.4. The Balaban J connectivity index is 1.84. The number of ketones is 1. The second-order valence-electron chi connectivity index (χ2n) is 5.53. The lowest BCUT2D eigenvalue weighted by molar-refractivity contribution is 0.104. The van der Waals surface area contributed by atoms with E-state index < -0.39 is 0 Å². The van der Waals surface area contributed by atoms with Crippen molar-refractivity contribution >= 4 is 38.6 Å². The number of hydrogen-bond acceptors (Lipinski definition) is 2. The van der Waals surface area contributed by atoms with Crippen molar-refractivity contribution in [3.8, 4) is 0 Å². The first-order valence-electron chi connectivity index (χ1n) is 7.19. The van der Waals surface area contributed by atoms with Crippen LogP contribution in [0.25, 0.3) is 16.8 Å². The minimum atomic E-state index is -0.340. The van der Waals surface area contributed by atoms with Crippen molar-refractivity contribution in [2.45, 2.75) is 6.42 Å². The second kappa shape index (κ2) is 5.39. The maximum Gasteiger partial charge on any atom is 0.189 e. The lowest BCUT2D eigenvalue weighted by Gasteiger charge is -2.02. The number of fused-ring (bicyclic) bond motifs is 2. The van der Waals surface area contributed by atoms with Crippen LogP contribution >= 0.6 is 15.9 Å². The van der Waals surface area contributed by atoms with Crippen molar-refractivity contribution in [1.29, 1.82) is 0 Å². The molecule has 112 valence electrons. The van der Waals surface area contributed by atoms with E-state index in [1.54, 1.807) is 18.5 Å². The summed E-state index contributed by atoms with van der Waals surface area (Å²) in [6.07, 6.45) is 5.71. The van der Waals surface area contributed by atoms with Crippen LogP contribution in [0.15, 0.2) is 58.8 Å². The molecule has 0 saturated heterocycles. The first-order chi connectivity index (χ1) is 11.1. The number of carbonyl (C=O) groups excluding carboxylic acids is 1. The zero-order valence-electron chi connectivity index (χ0n) is 12.0. The van der Waals surface area contributed by atoms with E-state index in [4.69, 9.17) is 0 Å². The van der Waals surface area contributed by atoms with Crippen LogP contribution in [0.3, 0.4) is 0 Å². The average Bonchev–Trinajstić information content (AvgIpc) is 2.85. The third kappa shape index (κ3) is 2.39. The lowest BCUT2D eigenvalue weighted by atomic mass is 10.0. The number of pyridine rings is 1. The van der Waals surface area contributed by atoms with Crippen molar-refractivity contribution < 1.29 is 9.18 Å². The third-order valence-electron chi connectivity index (χ3n) is 4.11. The molecule has 1 heterocycles. The molecule has 0 spiro atoms. The molecule has 4 heteroatoms. The van der Waals surface area contributed by atoms with E-state index >= 15 is 0 Å². The number of aromatic nitrogens is 1. The van der Waals surface area contributed by atoms with Crippen molar-refractivity contribution in [2.75, 3.05) is 0 Å². The summed E-state index contributed by atoms with van der Waals surface area (Å²) >= 11 is 3.24. The third-order valence-corrected chi connectivity index (χ3v) is 4.57. The number of rotatable bonds is 1. The molecule has 0 N–H and O–H groups in total.